The van der Waals surface area contributed by atoms with E-state index in [0.717, 1.165) is 11.1 Å². The zero-order valence-corrected chi connectivity index (χ0v) is 14.8. The molecule has 2 rings (SSSR count). The molecule has 0 saturated heterocycles. The van der Waals surface area contributed by atoms with Gasteiger partial charge in [0, 0.05) is 6.54 Å². The fraction of sp³-hybridized carbons (Fsp3) is 0.222. The van der Waals surface area contributed by atoms with E-state index in [0.29, 0.717) is 11.6 Å². The number of amides is 1. The summed E-state index contributed by atoms with van der Waals surface area (Å²) in [6, 6.07) is 13.3. The Labute approximate surface area is 150 Å². The Morgan fingerprint density at radius 2 is 1.92 bits per heavy atom. The minimum Gasteiger partial charge on any atom is -0.351 e. The molecule has 0 fully saturated rings. The molecule has 7 heteroatoms. The van der Waals surface area contributed by atoms with Gasteiger partial charge in [-0.15, -0.1) is 0 Å². The van der Waals surface area contributed by atoms with Crippen LogP contribution in [0.3, 0.4) is 0 Å². The number of hydrogen-bond acceptors (Lipinski definition) is 5. The van der Waals surface area contributed by atoms with Gasteiger partial charge in [0.2, 0.25) is 5.91 Å². The molecule has 1 aromatic carbocycles. The topological polar surface area (TPSA) is 117 Å². The number of nitrogens with two attached hydrogens (primary N) is 1. The summed E-state index contributed by atoms with van der Waals surface area (Å²) >= 11 is 1.19. The number of benzene rings is 1. The Hall–Kier alpha value is -3.03. The predicted molar refractivity (Wildman–Crippen MR) is 95.2 cm³/mol. The zero-order valence-electron chi connectivity index (χ0n) is 14.0. The smallest absolute Gasteiger partial charge is 0.289 e. The van der Waals surface area contributed by atoms with Gasteiger partial charge < -0.3 is 5.32 Å². The molecule has 1 aromatic heterocycles. The van der Waals surface area contributed by atoms with Crippen LogP contribution in [0.25, 0.3) is 0 Å². The van der Waals surface area contributed by atoms with Crippen molar-refractivity contribution < 1.29 is 9.78 Å². The molecule has 1 heterocycles. The van der Waals surface area contributed by atoms with Gasteiger partial charge in [-0.3, -0.25) is 10.5 Å². The van der Waals surface area contributed by atoms with E-state index in [1.807, 2.05) is 43.3 Å². The number of nitriles is 2. The highest BCUT2D eigenvalue weighted by Crippen LogP contribution is 2.24. The maximum absolute atomic E-state index is 12.3. The van der Waals surface area contributed by atoms with Crippen molar-refractivity contribution in [3.8, 4) is 12.1 Å². The van der Waals surface area contributed by atoms with E-state index in [-0.39, 0.29) is 22.9 Å². The number of pyridine rings is 1. The number of anilines is 1. The summed E-state index contributed by atoms with van der Waals surface area (Å²) in [5.74, 6) is 0.0297. The molecule has 0 aliphatic rings. The van der Waals surface area contributed by atoms with Gasteiger partial charge in [-0.25, -0.2) is 4.98 Å². The molecule has 126 valence electrons. The number of nitrogens with zero attached hydrogens (tertiary/aromatic N) is 2. The van der Waals surface area contributed by atoms with Crippen LogP contribution in [0.15, 0.2) is 35.4 Å². The van der Waals surface area contributed by atoms with Gasteiger partial charge >= 0.3 is 0 Å². The molecule has 0 unspecified atom stereocenters. The van der Waals surface area contributed by atoms with Gasteiger partial charge in [-0.1, -0.05) is 41.6 Å². The first-order chi connectivity index (χ1) is 11.9. The second-order valence-corrected chi connectivity index (χ2v) is 6.88. The molecule has 1 atom stereocenters. The standard InChI is InChI=1S/C18H17N5OS/c1-11-3-5-13(6-4-11)10-22-17(24)12(2)25-18-15(9-20)7-14(8-19)16(21)23-18/h3-7,12H,10H2,1-2H3,(H2,21,23)(H,22,24)/p+1/t12-/m0/s1. The Morgan fingerprint density at radius 1 is 1.28 bits per heavy atom. The maximum atomic E-state index is 12.3. The van der Waals surface area contributed by atoms with Crippen LogP contribution in [0.2, 0.25) is 0 Å². The van der Waals surface area contributed by atoms with Crippen molar-refractivity contribution >= 4 is 23.5 Å². The Bertz CT molecular complexity index is 865. The van der Waals surface area contributed by atoms with Gasteiger partial charge in [0.25, 0.3) is 5.82 Å². The molecule has 2 aromatic rings. The number of H-pyrrole nitrogens is 1. The van der Waals surface area contributed by atoms with Crippen LogP contribution >= 0.6 is 11.8 Å². The number of nitrogen functional groups attached to an aromatic ring is 1. The van der Waals surface area contributed by atoms with Crippen LogP contribution in [0.5, 0.6) is 0 Å². The van der Waals surface area contributed by atoms with E-state index in [2.05, 4.69) is 10.3 Å². The number of carbonyl (C=O) groups is 1. The van der Waals surface area contributed by atoms with E-state index in [1.54, 1.807) is 6.92 Å². The largest absolute Gasteiger partial charge is 0.351 e. The molecule has 4 N–H and O–H groups in total. The van der Waals surface area contributed by atoms with Crippen molar-refractivity contribution in [2.75, 3.05) is 5.73 Å². The number of carbonyl (C=O) groups excluding carboxylic acids is 1. The Kier molecular flexibility index (Phi) is 5.99. The highest BCUT2D eigenvalue weighted by atomic mass is 32.2. The van der Waals surface area contributed by atoms with E-state index in [1.165, 1.54) is 17.8 Å². The van der Waals surface area contributed by atoms with E-state index >= 15 is 0 Å². The van der Waals surface area contributed by atoms with Crippen LogP contribution in [0.4, 0.5) is 5.82 Å². The predicted octanol–water partition coefficient (Wildman–Crippen LogP) is 1.93. The van der Waals surface area contributed by atoms with Crippen molar-refractivity contribution in [3.05, 3.63) is 52.6 Å². The van der Waals surface area contributed by atoms with Gasteiger partial charge in [0.15, 0.2) is 5.03 Å². The summed E-state index contributed by atoms with van der Waals surface area (Å²) in [4.78, 5) is 15.1. The minimum atomic E-state index is -0.430. The number of aromatic amines is 1. The highest BCUT2D eigenvalue weighted by molar-refractivity contribution is 8.00. The quantitative estimate of drug-likeness (QED) is 0.797. The molecule has 0 bridgehead atoms. The zero-order chi connectivity index (χ0) is 18.4. The average Bonchev–Trinajstić information content (AvgIpc) is 2.61. The van der Waals surface area contributed by atoms with Crippen molar-refractivity contribution in [3.63, 3.8) is 0 Å². The SMILES string of the molecule is Cc1ccc(CNC(=O)[C@H](C)Sc2[nH+]c(N)c(C#N)cc2C#N)cc1. The van der Waals surface area contributed by atoms with Crippen molar-refractivity contribution in [1.82, 2.24) is 5.32 Å². The molecular formula is C18H18N5OS+. The first kappa shape index (κ1) is 18.3. The van der Waals surface area contributed by atoms with Gasteiger partial charge in [0.05, 0.1) is 5.25 Å². The molecule has 25 heavy (non-hydrogen) atoms. The molecule has 0 saturated carbocycles. The van der Waals surface area contributed by atoms with Gasteiger partial charge in [0.1, 0.15) is 23.3 Å². The number of hydrogen-bond donors (Lipinski definition) is 2. The minimum absolute atomic E-state index is 0.147. The average molecular weight is 352 g/mol. The summed E-state index contributed by atoms with van der Waals surface area (Å²) in [6.45, 7) is 4.19. The van der Waals surface area contributed by atoms with Crippen molar-refractivity contribution in [1.29, 1.82) is 10.5 Å². The first-order valence-electron chi connectivity index (χ1n) is 7.60. The Morgan fingerprint density at radius 3 is 2.52 bits per heavy atom. The summed E-state index contributed by atoms with van der Waals surface area (Å²) in [5, 5.41) is 21.1. The summed E-state index contributed by atoms with van der Waals surface area (Å²) in [7, 11) is 0. The van der Waals surface area contributed by atoms with E-state index in [4.69, 9.17) is 11.0 Å². The number of thioether (sulfide) groups is 1. The molecular weight excluding hydrogens is 334 g/mol. The third-order valence-corrected chi connectivity index (χ3v) is 4.69. The number of aryl methyl sites for hydroxylation is 1. The molecule has 0 radical (unpaired) electrons. The van der Waals surface area contributed by atoms with Crippen LogP contribution in [0.1, 0.15) is 29.2 Å². The summed E-state index contributed by atoms with van der Waals surface area (Å²) in [6.07, 6.45) is 0. The van der Waals surface area contributed by atoms with Crippen LogP contribution < -0.4 is 16.0 Å². The molecule has 1 amide bonds. The lowest BCUT2D eigenvalue weighted by Gasteiger charge is -2.12. The summed E-state index contributed by atoms with van der Waals surface area (Å²) < 4.78 is 0. The summed E-state index contributed by atoms with van der Waals surface area (Å²) in [5.41, 5.74) is 8.43. The second kappa shape index (κ2) is 8.18. The van der Waals surface area contributed by atoms with Gasteiger partial charge in [-0.2, -0.15) is 10.5 Å². The molecule has 6 nitrogen and oxygen atoms in total. The Balaban J connectivity index is 2.04. The number of aromatic nitrogens is 1. The lowest BCUT2D eigenvalue weighted by Crippen LogP contribution is -2.31. The number of rotatable bonds is 5. The maximum Gasteiger partial charge on any atom is 0.289 e. The van der Waals surface area contributed by atoms with Crippen LogP contribution in [-0.4, -0.2) is 11.2 Å². The lowest BCUT2D eigenvalue weighted by atomic mass is 10.1. The third-order valence-electron chi connectivity index (χ3n) is 3.56. The van der Waals surface area contributed by atoms with Gasteiger partial charge in [-0.05, 0) is 25.5 Å². The monoisotopic (exact) mass is 352 g/mol. The fourth-order valence-corrected chi connectivity index (χ4v) is 3.03. The normalized spacial score (nSPS) is 11.2. The molecule has 0 aliphatic carbocycles. The van der Waals surface area contributed by atoms with Crippen molar-refractivity contribution in [2.24, 2.45) is 0 Å². The van der Waals surface area contributed by atoms with Crippen LogP contribution in [-0.2, 0) is 11.3 Å². The van der Waals surface area contributed by atoms with Crippen LogP contribution in [0, 0.1) is 29.6 Å². The fourth-order valence-electron chi connectivity index (χ4n) is 2.08. The van der Waals surface area contributed by atoms with Crippen molar-refractivity contribution in [2.45, 2.75) is 30.7 Å². The number of nitrogens with one attached hydrogen (secondary N) is 2. The van der Waals surface area contributed by atoms with E-state index < -0.39 is 5.25 Å². The lowest BCUT2D eigenvalue weighted by molar-refractivity contribution is -0.410. The molecule has 0 aliphatic heterocycles. The highest BCUT2D eigenvalue weighted by Gasteiger charge is 2.21. The third kappa shape index (κ3) is 4.72. The molecule has 0 spiro atoms. The second-order valence-electron chi connectivity index (χ2n) is 5.53. The first-order valence-corrected chi connectivity index (χ1v) is 8.48. The van der Waals surface area contributed by atoms with E-state index in [9.17, 15) is 10.1 Å².